The number of carbonyl (C=O) groups excluding carboxylic acids is 2. The smallest absolute Gasteiger partial charge is 0.343 e. The normalized spacial score (nSPS) is 14.0. The minimum atomic E-state index is -0.908. The zero-order valence-corrected chi connectivity index (χ0v) is 32.7. The molecule has 0 saturated carbocycles. The quantitative estimate of drug-likeness (QED) is 0.102. The van der Waals surface area contributed by atoms with Gasteiger partial charge in [-0.05, 0) is 95.6 Å². The van der Waals surface area contributed by atoms with Gasteiger partial charge in [0.15, 0.2) is 34.4 Å². The standard InChI is InChI=1S/C40H37IN2O9S/c1-6-49-31-18-25(15-16-30(31)51-22-34(44)48-5)36-35(39(46)50-7-2)23(3)42-40-43(36)38(45)33(53-40)19-27-17-28(41)20-32(47-4)37(27)52-21-26-13-10-12-24-11-8-9-14-29(24)26/h8-20,36H,6-7,21-22H2,1-5H3/b33-19+/t36-/m0/s1. The largest absolute Gasteiger partial charge is 0.493 e. The summed E-state index contributed by atoms with van der Waals surface area (Å²) in [5.41, 5.74) is 2.47. The molecule has 0 unspecified atom stereocenters. The number of ether oxygens (including phenoxy) is 6. The zero-order valence-electron chi connectivity index (χ0n) is 29.8. The van der Waals surface area contributed by atoms with E-state index in [9.17, 15) is 14.4 Å². The Balaban J connectivity index is 1.48. The number of esters is 2. The first-order valence-corrected chi connectivity index (χ1v) is 18.7. The summed E-state index contributed by atoms with van der Waals surface area (Å²) in [6.07, 6.45) is 1.77. The Morgan fingerprint density at radius 1 is 0.925 bits per heavy atom. The predicted molar refractivity (Wildman–Crippen MR) is 210 cm³/mol. The number of aromatic nitrogens is 1. The molecule has 0 saturated heterocycles. The number of benzene rings is 4. The third-order valence-electron chi connectivity index (χ3n) is 8.48. The number of methoxy groups -OCH3 is 2. The van der Waals surface area contributed by atoms with Crippen LogP contribution in [0.5, 0.6) is 23.0 Å². The van der Waals surface area contributed by atoms with Crippen LogP contribution in [0, 0.1) is 3.57 Å². The van der Waals surface area contributed by atoms with Crippen molar-refractivity contribution in [2.75, 3.05) is 34.0 Å². The third-order valence-corrected chi connectivity index (χ3v) is 10.1. The van der Waals surface area contributed by atoms with Crippen LogP contribution in [-0.4, -0.2) is 50.5 Å². The molecule has 1 atom stereocenters. The number of hydrogen-bond acceptors (Lipinski definition) is 11. The molecule has 1 aromatic heterocycles. The highest BCUT2D eigenvalue weighted by molar-refractivity contribution is 14.1. The topological polar surface area (TPSA) is 124 Å². The van der Waals surface area contributed by atoms with Gasteiger partial charge in [0, 0.05) is 9.13 Å². The van der Waals surface area contributed by atoms with E-state index in [0.717, 1.165) is 19.9 Å². The van der Waals surface area contributed by atoms with E-state index in [1.165, 1.54) is 23.0 Å². The average molecular weight is 849 g/mol. The minimum absolute atomic E-state index is 0.132. The van der Waals surface area contributed by atoms with Crippen molar-refractivity contribution in [3.63, 3.8) is 0 Å². The maximum absolute atomic E-state index is 14.5. The molecule has 274 valence electrons. The first-order chi connectivity index (χ1) is 25.7. The second-order valence-electron chi connectivity index (χ2n) is 11.8. The second kappa shape index (κ2) is 16.7. The molecule has 53 heavy (non-hydrogen) atoms. The number of nitrogens with zero attached hydrogens (tertiary/aromatic N) is 2. The SMILES string of the molecule is CCOC(=O)C1=C(C)N=c2s/c(=C/c3cc(I)cc(OC)c3OCc3cccc4ccccc34)c(=O)n2[C@H]1c1ccc(OCC(=O)OC)c(OCC)c1. The highest BCUT2D eigenvalue weighted by atomic mass is 127. The fourth-order valence-corrected chi connectivity index (χ4v) is 7.75. The summed E-state index contributed by atoms with van der Waals surface area (Å²) in [5.74, 6) is 0.481. The molecule has 13 heteroatoms. The van der Waals surface area contributed by atoms with Gasteiger partial charge in [-0.3, -0.25) is 9.36 Å². The van der Waals surface area contributed by atoms with E-state index in [1.807, 2.05) is 43.3 Å². The van der Waals surface area contributed by atoms with Crippen LogP contribution in [-0.2, 0) is 25.7 Å². The summed E-state index contributed by atoms with van der Waals surface area (Å²) >= 11 is 3.40. The van der Waals surface area contributed by atoms with Gasteiger partial charge in [0.25, 0.3) is 5.56 Å². The molecule has 11 nitrogen and oxygen atoms in total. The van der Waals surface area contributed by atoms with Gasteiger partial charge in [-0.15, -0.1) is 0 Å². The van der Waals surface area contributed by atoms with Crippen LogP contribution in [0.1, 0.15) is 43.5 Å². The number of rotatable bonds is 13. The monoisotopic (exact) mass is 848 g/mol. The van der Waals surface area contributed by atoms with Crippen molar-refractivity contribution in [3.05, 3.63) is 124 Å². The molecule has 0 radical (unpaired) electrons. The lowest BCUT2D eigenvalue weighted by molar-refractivity contribution is -0.143. The molecule has 0 bridgehead atoms. The highest BCUT2D eigenvalue weighted by Crippen LogP contribution is 2.38. The van der Waals surface area contributed by atoms with Gasteiger partial charge in [0.2, 0.25) is 0 Å². The number of allylic oxidation sites excluding steroid dienone is 1. The molecular weight excluding hydrogens is 811 g/mol. The molecular formula is C40H37IN2O9S. The van der Waals surface area contributed by atoms with Gasteiger partial charge in [-0.2, -0.15) is 0 Å². The molecule has 0 amide bonds. The lowest BCUT2D eigenvalue weighted by atomic mass is 9.95. The van der Waals surface area contributed by atoms with Crippen LogP contribution in [0.2, 0.25) is 0 Å². The van der Waals surface area contributed by atoms with E-state index in [0.29, 0.717) is 55.8 Å². The van der Waals surface area contributed by atoms with E-state index < -0.39 is 18.0 Å². The summed E-state index contributed by atoms with van der Waals surface area (Å²) in [4.78, 5) is 45.0. The predicted octanol–water partition coefficient (Wildman–Crippen LogP) is 6.09. The number of carbonyl (C=O) groups is 2. The number of hydrogen-bond donors (Lipinski definition) is 0. The summed E-state index contributed by atoms with van der Waals surface area (Å²) in [7, 11) is 2.85. The first kappa shape index (κ1) is 37.6. The van der Waals surface area contributed by atoms with E-state index in [4.69, 9.17) is 33.4 Å². The number of thiazole rings is 1. The zero-order chi connectivity index (χ0) is 37.6. The van der Waals surface area contributed by atoms with Crippen molar-refractivity contribution in [1.29, 1.82) is 0 Å². The maximum atomic E-state index is 14.5. The molecule has 4 aromatic carbocycles. The van der Waals surface area contributed by atoms with E-state index in [2.05, 4.69) is 40.8 Å². The Bertz CT molecular complexity index is 2410. The Morgan fingerprint density at radius 2 is 1.72 bits per heavy atom. The average Bonchev–Trinajstić information content (AvgIpc) is 3.46. The summed E-state index contributed by atoms with van der Waals surface area (Å²) in [5, 5.41) is 2.19. The van der Waals surface area contributed by atoms with E-state index >= 15 is 0 Å². The Labute approximate surface area is 323 Å². The molecule has 0 aliphatic carbocycles. The molecule has 5 aromatic rings. The fraction of sp³-hybridized carbons (Fsp3) is 0.250. The minimum Gasteiger partial charge on any atom is -0.493 e. The Morgan fingerprint density at radius 3 is 2.47 bits per heavy atom. The lowest BCUT2D eigenvalue weighted by Gasteiger charge is -2.25. The van der Waals surface area contributed by atoms with Crippen LogP contribution in [0.15, 0.2) is 93.9 Å². The van der Waals surface area contributed by atoms with Crippen molar-refractivity contribution in [2.45, 2.75) is 33.4 Å². The molecule has 2 heterocycles. The van der Waals surface area contributed by atoms with Gasteiger partial charge in [-0.25, -0.2) is 14.6 Å². The summed E-state index contributed by atoms with van der Waals surface area (Å²) < 4.78 is 36.7. The molecule has 1 aliphatic heterocycles. The fourth-order valence-electron chi connectivity index (χ4n) is 6.10. The van der Waals surface area contributed by atoms with Gasteiger partial charge < -0.3 is 28.4 Å². The molecule has 6 rings (SSSR count). The van der Waals surface area contributed by atoms with Crippen molar-refractivity contribution >= 4 is 62.7 Å². The first-order valence-electron chi connectivity index (χ1n) is 16.8. The van der Waals surface area contributed by atoms with Crippen LogP contribution < -0.4 is 33.8 Å². The van der Waals surface area contributed by atoms with Crippen molar-refractivity contribution in [3.8, 4) is 23.0 Å². The van der Waals surface area contributed by atoms with Gasteiger partial charge in [-0.1, -0.05) is 59.9 Å². The molecule has 1 aliphatic rings. The van der Waals surface area contributed by atoms with Gasteiger partial charge in [0.1, 0.15) is 6.61 Å². The molecule has 0 fully saturated rings. The Hall–Kier alpha value is -5.15. The summed E-state index contributed by atoms with van der Waals surface area (Å²) in [6.45, 7) is 5.62. The van der Waals surface area contributed by atoms with Crippen LogP contribution in [0.3, 0.4) is 0 Å². The molecule has 0 N–H and O–H groups in total. The highest BCUT2D eigenvalue weighted by Gasteiger charge is 2.34. The maximum Gasteiger partial charge on any atom is 0.343 e. The number of halogens is 1. The van der Waals surface area contributed by atoms with Crippen molar-refractivity contribution in [1.82, 2.24) is 4.57 Å². The van der Waals surface area contributed by atoms with Gasteiger partial charge >= 0.3 is 11.9 Å². The van der Waals surface area contributed by atoms with E-state index in [1.54, 1.807) is 45.2 Å². The lowest BCUT2D eigenvalue weighted by Crippen LogP contribution is -2.40. The van der Waals surface area contributed by atoms with Crippen molar-refractivity contribution < 1.29 is 38.0 Å². The van der Waals surface area contributed by atoms with Crippen LogP contribution in [0.25, 0.3) is 16.8 Å². The second-order valence-corrected chi connectivity index (χ2v) is 14.0. The van der Waals surface area contributed by atoms with Crippen LogP contribution in [0.4, 0.5) is 0 Å². The molecule has 0 spiro atoms. The van der Waals surface area contributed by atoms with Crippen LogP contribution >= 0.6 is 33.9 Å². The third kappa shape index (κ3) is 7.95. The van der Waals surface area contributed by atoms with E-state index in [-0.39, 0.29) is 31.0 Å². The Kier molecular flexibility index (Phi) is 11.8. The van der Waals surface area contributed by atoms with Gasteiger partial charge in [0.05, 0.1) is 49.3 Å². The summed E-state index contributed by atoms with van der Waals surface area (Å²) in [6, 6.07) is 22.1. The van der Waals surface area contributed by atoms with Crippen molar-refractivity contribution in [2.24, 2.45) is 4.99 Å². The number of fused-ring (bicyclic) bond motifs is 2.